The second-order valence-corrected chi connectivity index (χ2v) is 2.96. The molecule has 1 fully saturated rings. The van der Waals surface area contributed by atoms with Gasteiger partial charge >= 0.3 is 0 Å². The van der Waals surface area contributed by atoms with Crippen LogP contribution < -0.4 is 0 Å². The Kier molecular flexibility index (Phi) is 1.23. The molecule has 3 atom stereocenters. The highest BCUT2D eigenvalue weighted by molar-refractivity contribution is 7.17. The topological polar surface area (TPSA) is 12.5 Å². The van der Waals surface area contributed by atoms with Crippen molar-refractivity contribution >= 4 is 9.18 Å². The van der Waals surface area contributed by atoms with E-state index in [0.29, 0.717) is 0 Å². The van der Waals surface area contributed by atoms with E-state index in [4.69, 9.17) is 6.02 Å². The molecule has 52 valence electrons. The number of benzene rings is 1. The first-order valence-electron chi connectivity index (χ1n) is 3.79. The quantitative estimate of drug-likeness (QED) is 0.467. The molecular formula is C8H9OP. The first kappa shape index (κ1) is 5.29. The van der Waals surface area contributed by atoms with E-state index >= 15 is 0 Å². The lowest BCUT2D eigenvalue weighted by Gasteiger charge is -1.90. The summed E-state index contributed by atoms with van der Waals surface area (Å²) in [6.45, 7) is 0. The predicted molar refractivity (Wildman–Crippen MR) is 43.8 cm³/mol. The maximum Gasteiger partial charge on any atom is 0.113 e. The largest absolute Gasteiger partial charge is 0.360 e. The Morgan fingerprint density at radius 1 is 1.40 bits per heavy atom. The molecule has 0 aromatic heterocycles. The first-order valence-corrected chi connectivity index (χ1v) is 3.87. The zero-order valence-corrected chi connectivity index (χ0v) is 6.45. The highest BCUT2D eigenvalue weighted by atomic mass is 31.0. The van der Waals surface area contributed by atoms with Crippen molar-refractivity contribution in [3.05, 3.63) is 35.9 Å². The molecular weight excluding hydrogens is 143 g/mol. The fourth-order valence-corrected chi connectivity index (χ4v) is 1.35. The van der Waals surface area contributed by atoms with E-state index in [1.807, 2.05) is 30.3 Å². The molecule has 2 rings (SSSR count). The van der Waals surface area contributed by atoms with Gasteiger partial charge in [0.2, 0.25) is 0 Å². The minimum atomic E-state index is 0.159. The SMILES string of the molecule is [2H]PC1OC1c1ccccc1. The van der Waals surface area contributed by atoms with E-state index in [1.54, 1.807) is 0 Å². The lowest BCUT2D eigenvalue weighted by Crippen LogP contribution is -1.78. The van der Waals surface area contributed by atoms with E-state index in [2.05, 4.69) is 0 Å². The van der Waals surface area contributed by atoms with E-state index < -0.39 is 0 Å². The van der Waals surface area contributed by atoms with Gasteiger partial charge in [-0.15, -0.1) is 9.18 Å². The molecule has 0 N–H and O–H groups in total. The second-order valence-electron chi connectivity index (χ2n) is 2.39. The normalized spacial score (nSPS) is 32.6. The van der Waals surface area contributed by atoms with Gasteiger partial charge in [0.1, 0.15) is 11.9 Å². The summed E-state index contributed by atoms with van der Waals surface area (Å²) in [5.41, 5.74) is 1.21. The van der Waals surface area contributed by atoms with Crippen LogP contribution in [0.3, 0.4) is 0 Å². The maximum absolute atomic E-state index is 7.10. The minimum Gasteiger partial charge on any atom is -0.360 e. The fourth-order valence-electron chi connectivity index (χ4n) is 1.01. The average molecular weight is 153 g/mol. The monoisotopic (exact) mass is 153 g/mol. The van der Waals surface area contributed by atoms with Crippen LogP contribution in [0.1, 0.15) is 11.7 Å². The Hall–Kier alpha value is -0.390. The van der Waals surface area contributed by atoms with Gasteiger partial charge in [0, 0.05) is 0 Å². The predicted octanol–water partition coefficient (Wildman–Crippen LogP) is 1.96. The Balaban J connectivity index is 2.09. The lowest BCUT2D eigenvalue weighted by atomic mass is 10.2. The Morgan fingerprint density at radius 2 is 2.20 bits per heavy atom. The lowest BCUT2D eigenvalue weighted by molar-refractivity contribution is 0.406. The van der Waals surface area contributed by atoms with Crippen molar-refractivity contribution in [3.8, 4) is 0 Å². The van der Waals surface area contributed by atoms with Gasteiger partial charge in [0.05, 0.1) is 1.28 Å². The Bertz CT molecular complexity index is 239. The summed E-state index contributed by atoms with van der Waals surface area (Å²) in [6, 6.07) is 10.1. The van der Waals surface area contributed by atoms with Crippen LogP contribution in [0.2, 0.25) is 0 Å². The van der Waals surface area contributed by atoms with Gasteiger partial charge in [-0.25, -0.2) is 0 Å². The molecule has 1 nitrogen and oxygen atoms in total. The van der Waals surface area contributed by atoms with Crippen LogP contribution in [-0.4, -0.2) is 7.12 Å². The standard InChI is InChI=1S/C8H9OP/c10-8-7(9-8)6-4-2-1-3-5-6/h1-5,7-8H,10H2/i10D. The summed E-state index contributed by atoms with van der Waals surface area (Å²) in [5, 5.41) is 0. The zero-order chi connectivity index (χ0) is 7.68. The Morgan fingerprint density at radius 3 is 2.80 bits per heavy atom. The molecule has 0 spiro atoms. The third-order valence-corrected chi connectivity index (χ3v) is 2.06. The van der Waals surface area contributed by atoms with Crippen molar-refractivity contribution in [1.29, 1.82) is 1.28 Å². The number of hydrogen-bond donors (Lipinski definition) is 0. The van der Waals surface area contributed by atoms with Crippen molar-refractivity contribution in [1.82, 2.24) is 0 Å². The molecule has 1 aliphatic rings. The summed E-state index contributed by atoms with van der Waals surface area (Å²) in [6.07, 6.45) is 0.215. The highest BCUT2D eigenvalue weighted by Crippen LogP contribution is 2.42. The van der Waals surface area contributed by atoms with Crippen molar-refractivity contribution < 1.29 is 4.74 Å². The van der Waals surface area contributed by atoms with Crippen LogP contribution in [0.5, 0.6) is 0 Å². The zero-order valence-electron chi connectivity index (χ0n) is 6.45. The summed E-state index contributed by atoms with van der Waals surface area (Å²) in [5.74, 6) is 0.178. The molecule has 0 bridgehead atoms. The van der Waals surface area contributed by atoms with Crippen molar-refractivity contribution in [3.63, 3.8) is 0 Å². The van der Waals surface area contributed by atoms with Gasteiger partial charge in [-0.2, -0.15) is 0 Å². The van der Waals surface area contributed by atoms with E-state index in [-0.39, 0.29) is 21.1 Å². The molecule has 1 aliphatic heterocycles. The molecule has 1 heterocycles. The third-order valence-electron chi connectivity index (χ3n) is 1.62. The minimum absolute atomic E-state index is 0.159. The van der Waals surface area contributed by atoms with E-state index in [0.717, 1.165) is 0 Å². The molecule has 2 heteroatoms. The van der Waals surface area contributed by atoms with Gasteiger partial charge in [0.15, 0.2) is 0 Å². The number of ether oxygens (including phenoxy) is 1. The van der Waals surface area contributed by atoms with Crippen LogP contribution in [0.15, 0.2) is 30.3 Å². The molecule has 1 aromatic carbocycles. The third kappa shape index (κ3) is 1.07. The van der Waals surface area contributed by atoms with Crippen molar-refractivity contribution in [2.45, 2.75) is 11.9 Å². The maximum atomic E-state index is 7.10. The van der Waals surface area contributed by atoms with E-state index in [9.17, 15) is 0 Å². The van der Waals surface area contributed by atoms with Crippen LogP contribution >= 0.6 is 9.18 Å². The van der Waals surface area contributed by atoms with Crippen LogP contribution in [0.4, 0.5) is 0 Å². The number of epoxide rings is 1. The van der Waals surface area contributed by atoms with Crippen LogP contribution in [0, 0.1) is 0 Å². The average Bonchev–Trinajstić information content (AvgIpc) is 2.85. The first-order chi connectivity index (χ1) is 5.42. The van der Waals surface area contributed by atoms with E-state index in [1.165, 1.54) is 5.56 Å². The molecule has 1 saturated heterocycles. The molecule has 1 aromatic rings. The summed E-state index contributed by atoms with van der Waals surface area (Å²) < 4.78 is 12.4. The second kappa shape index (κ2) is 2.34. The van der Waals surface area contributed by atoms with Gasteiger partial charge in [0.25, 0.3) is 0 Å². The van der Waals surface area contributed by atoms with Crippen molar-refractivity contribution in [2.75, 3.05) is 0 Å². The van der Waals surface area contributed by atoms with Gasteiger partial charge in [-0.05, 0) is 5.56 Å². The fraction of sp³-hybridized carbons (Fsp3) is 0.250. The molecule has 10 heavy (non-hydrogen) atoms. The number of hydrogen-bond acceptors (Lipinski definition) is 1. The summed E-state index contributed by atoms with van der Waals surface area (Å²) in [4.78, 5) is 0. The smallest absolute Gasteiger partial charge is 0.113 e. The highest BCUT2D eigenvalue weighted by Gasteiger charge is 2.35. The molecule has 3 unspecified atom stereocenters. The molecule has 0 aliphatic carbocycles. The van der Waals surface area contributed by atoms with Crippen molar-refractivity contribution in [2.24, 2.45) is 0 Å². The Labute approximate surface area is 63.9 Å². The molecule has 0 amide bonds. The molecule has 0 saturated carbocycles. The van der Waals surface area contributed by atoms with Gasteiger partial charge in [-0.1, -0.05) is 30.3 Å². The van der Waals surface area contributed by atoms with Crippen LogP contribution in [0.25, 0.3) is 0 Å². The van der Waals surface area contributed by atoms with Crippen LogP contribution in [-0.2, 0) is 4.74 Å². The van der Waals surface area contributed by atoms with Gasteiger partial charge < -0.3 is 4.74 Å². The number of rotatable bonds is 2. The van der Waals surface area contributed by atoms with Gasteiger partial charge in [-0.3, -0.25) is 0 Å². The summed E-state index contributed by atoms with van der Waals surface area (Å²) >= 11 is 0. The summed E-state index contributed by atoms with van der Waals surface area (Å²) in [7, 11) is 0.159. The molecule has 0 radical (unpaired) electrons.